The van der Waals surface area contributed by atoms with Crippen molar-refractivity contribution in [2.45, 2.75) is 11.8 Å². The lowest BCUT2D eigenvalue weighted by Crippen LogP contribution is -2.25. The Hall–Kier alpha value is -1.18. The highest BCUT2D eigenvalue weighted by Crippen LogP contribution is 2.16. The molecule has 0 spiro atoms. The predicted octanol–water partition coefficient (Wildman–Crippen LogP) is 1.88. The maximum atomic E-state index is 11.9. The number of carbonyl (C=O) groups is 1. The molecule has 0 radical (unpaired) electrons. The summed E-state index contributed by atoms with van der Waals surface area (Å²) in [6, 6.07) is 3.96. The maximum Gasteiger partial charge on any atom is 0.335 e. The number of sulfonamides is 1. The van der Waals surface area contributed by atoms with Crippen LogP contribution in [0.25, 0.3) is 0 Å². The summed E-state index contributed by atoms with van der Waals surface area (Å²) in [6.07, 6.45) is 0. The van der Waals surface area contributed by atoms with Crippen LogP contribution >= 0.6 is 15.9 Å². The van der Waals surface area contributed by atoms with Crippen LogP contribution in [-0.4, -0.2) is 26.0 Å². The fourth-order valence-corrected chi connectivity index (χ4v) is 2.63. The molecule has 0 aromatic heterocycles. The molecule has 1 aromatic rings. The van der Waals surface area contributed by atoms with E-state index in [1.54, 1.807) is 6.92 Å². The van der Waals surface area contributed by atoms with E-state index in [0.717, 1.165) is 6.07 Å². The molecule has 0 saturated heterocycles. The number of carboxylic acid groups (broad SMARTS) is 1. The van der Waals surface area contributed by atoms with Crippen molar-refractivity contribution in [2.75, 3.05) is 6.54 Å². The Morgan fingerprint density at radius 1 is 1.50 bits per heavy atom. The Morgan fingerprint density at radius 3 is 2.61 bits per heavy atom. The molecule has 0 aliphatic rings. The number of nitrogens with one attached hydrogen (secondary N) is 1. The summed E-state index contributed by atoms with van der Waals surface area (Å²) in [6.45, 7) is 5.15. The lowest BCUT2D eigenvalue weighted by atomic mass is 10.1. The van der Waals surface area contributed by atoms with Crippen LogP contribution in [0.1, 0.15) is 15.9 Å². The average molecular weight is 334 g/mol. The number of aromatic carboxylic acids is 1. The van der Waals surface area contributed by atoms with Crippen molar-refractivity contribution < 1.29 is 18.3 Å². The van der Waals surface area contributed by atoms with Crippen LogP contribution in [0, 0.1) is 6.92 Å². The minimum absolute atomic E-state index is 0.0319. The second-order valence-electron chi connectivity index (χ2n) is 3.62. The Kier molecular flexibility index (Phi) is 4.66. The molecule has 0 aliphatic carbocycles. The van der Waals surface area contributed by atoms with E-state index >= 15 is 0 Å². The predicted molar refractivity (Wildman–Crippen MR) is 71.4 cm³/mol. The molecule has 5 nitrogen and oxygen atoms in total. The number of rotatable bonds is 5. The van der Waals surface area contributed by atoms with Gasteiger partial charge in [0, 0.05) is 11.0 Å². The van der Waals surface area contributed by atoms with E-state index < -0.39 is 16.0 Å². The van der Waals surface area contributed by atoms with E-state index in [9.17, 15) is 13.2 Å². The van der Waals surface area contributed by atoms with Crippen molar-refractivity contribution in [3.8, 4) is 0 Å². The SMILES string of the molecule is C=C(Br)CNS(=O)(=O)c1ccc(C)c(C(=O)O)c1. The fraction of sp³-hybridized carbons (Fsp3) is 0.182. The van der Waals surface area contributed by atoms with Gasteiger partial charge in [0.25, 0.3) is 0 Å². The smallest absolute Gasteiger partial charge is 0.335 e. The number of hydrogen-bond donors (Lipinski definition) is 2. The van der Waals surface area contributed by atoms with Crippen LogP contribution in [0.4, 0.5) is 0 Å². The summed E-state index contributed by atoms with van der Waals surface area (Å²) in [7, 11) is -3.73. The lowest BCUT2D eigenvalue weighted by molar-refractivity contribution is 0.0696. The van der Waals surface area contributed by atoms with Crippen LogP contribution in [0.2, 0.25) is 0 Å². The molecule has 0 aliphatic heterocycles. The van der Waals surface area contributed by atoms with Gasteiger partial charge in [0.15, 0.2) is 0 Å². The molecule has 7 heteroatoms. The van der Waals surface area contributed by atoms with Gasteiger partial charge in [-0.25, -0.2) is 17.9 Å². The van der Waals surface area contributed by atoms with E-state index in [4.69, 9.17) is 5.11 Å². The van der Waals surface area contributed by atoms with Gasteiger partial charge in [-0.2, -0.15) is 0 Å². The Balaban J connectivity index is 3.14. The molecule has 1 aromatic carbocycles. The lowest BCUT2D eigenvalue weighted by Gasteiger charge is -2.08. The molecule has 98 valence electrons. The average Bonchev–Trinajstić information content (AvgIpc) is 2.26. The first-order chi connectivity index (χ1) is 8.24. The van der Waals surface area contributed by atoms with Crippen molar-refractivity contribution in [1.82, 2.24) is 4.72 Å². The molecule has 0 unspecified atom stereocenters. The first-order valence-electron chi connectivity index (χ1n) is 4.91. The second kappa shape index (κ2) is 5.64. The number of benzene rings is 1. The molecule has 2 N–H and O–H groups in total. The minimum Gasteiger partial charge on any atom is -0.478 e. The quantitative estimate of drug-likeness (QED) is 0.861. The molecular formula is C11H12BrNO4S. The van der Waals surface area contributed by atoms with Crippen molar-refractivity contribution in [2.24, 2.45) is 0 Å². The third kappa shape index (κ3) is 3.66. The molecule has 0 atom stereocenters. The molecule has 0 bridgehead atoms. The van der Waals surface area contributed by atoms with E-state index in [0.29, 0.717) is 10.0 Å². The molecular weight excluding hydrogens is 322 g/mol. The Labute approximate surface area is 114 Å². The molecule has 0 saturated carbocycles. The molecule has 1 rings (SSSR count). The van der Waals surface area contributed by atoms with Gasteiger partial charge >= 0.3 is 5.97 Å². The van der Waals surface area contributed by atoms with Crippen molar-refractivity contribution in [3.05, 3.63) is 40.4 Å². The van der Waals surface area contributed by atoms with Crippen LogP contribution in [0.15, 0.2) is 34.2 Å². The van der Waals surface area contributed by atoms with Crippen molar-refractivity contribution in [1.29, 1.82) is 0 Å². The van der Waals surface area contributed by atoms with Crippen LogP contribution in [0.5, 0.6) is 0 Å². The number of hydrogen-bond acceptors (Lipinski definition) is 3. The summed E-state index contributed by atoms with van der Waals surface area (Å²) in [5, 5.41) is 8.94. The van der Waals surface area contributed by atoms with Crippen LogP contribution in [0.3, 0.4) is 0 Å². The van der Waals surface area contributed by atoms with E-state index in [2.05, 4.69) is 27.2 Å². The summed E-state index contributed by atoms with van der Waals surface area (Å²) in [4.78, 5) is 10.8. The fourth-order valence-electron chi connectivity index (χ4n) is 1.26. The van der Waals surface area contributed by atoms with Gasteiger partial charge in [-0.3, -0.25) is 0 Å². The summed E-state index contributed by atoms with van der Waals surface area (Å²) < 4.78 is 26.5. The Morgan fingerprint density at radius 2 is 2.11 bits per heavy atom. The van der Waals surface area contributed by atoms with Crippen LogP contribution in [-0.2, 0) is 10.0 Å². The molecule has 0 fully saturated rings. The van der Waals surface area contributed by atoms with E-state index in [1.165, 1.54) is 12.1 Å². The van der Waals surface area contributed by atoms with E-state index in [1.807, 2.05) is 0 Å². The minimum atomic E-state index is -3.73. The number of halogens is 1. The summed E-state index contributed by atoms with van der Waals surface area (Å²) >= 11 is 3.03. The third-order valence-electron chi connectivity index (χ3n) is 2.20. The molecule has 18 heavy (non-hydrogen) atoms. The number of aryl methyl sites for hydroxylation is 1. The first-order valence-corrected chi connectivity index (χ1v) is 7.18. The summed E-state index contributed by atoms with van der Waals surface area (Å²) in [5.74, 6) is -1.16. The highest BCUT2D eigenvalue weighted by Gasteiger charge is 2.17. The van der Waals surface area contributed by atoms with Gasteiger partial charge in [-0.1, -0.05) is 28.6 Å². The second-order valence-corrected chi connectivity index (χ2v) is 6.51. The third-order valence-corrected chi connectivity index (χ3v) is 3.88. The van der Waals surface area contributed by atoms with Gasteiger partial charge in [0.1, 0.15) is 0 Å². The van der Waals surface area contributed by atoms with E-state index in [-0.39, 0.29) is 17.0 Å². The van der Waals surface area contributed by atoms with Gasteiger partial charge in [-0.15, -0.1) is 0 Å². The monoisotopic (exact) mass is 333 g/mol. The normalized spacial score (nSPS) is 11.2. The summed E-state index contributed by atoms with van der Waals surface area (Å²) in [5.41, 5.74) is 0.474. The zero-order valence-corrected chi connectivity index (χ0v) is 12.0. The highest BCUT2D eigenvalue weighted by molar-refractivity contribution is 9.11. The largest absolute Gasteiger partial charge is 0.478 e. The molecule has 0 heterocycles. The standard InChI is InChI=1S/C11H12BrNO4S/c1-7-3-4-9(5-10(7)11(14)15)18(16,17)13-6-8(2)12/h3-5,13H,2,6H2,1H3,(H,14,15). The topological polar surface area (TPSA) is 83.5 Å². The van der Waals surface area contributed by atoms with Gasteiger partial charge in [0.05, 0.1) is 10.5 Å². The zero-order chi connectivity index (χ0) is 13.9. The highest BCUT2D eigenvalue weighted by atomic mass is 79.9. The Bertz CT molecular complexity index is 595. The molecule has 0 amide bonds. The number of carboxylic acids is 1. The maximum absolute atomic E-state index is 11.9. The van der Waals surface area contributed by atoms with Gasteiger partial charge < -0.3 is 5.11 Å². The van der Waals surface area contributed by atoms with Crippen molar-refractivity contribution >= 4 is 31.9 Å². The van der Waals surface area contributed by atoms with Crippen LogP contribution < -0.4 is 4.72 Å². The van der Waals surface area contributed by atoms with Gasteiger partial charge in [0.2, 0.25) is 10.0 Å². The van der Waals surface area contributed by atoms with Crippen molar-refractivity contribution in [3.63, 3.8) is 0 Å². The first kappa shape index (κ1) is 14.9. The zero-order valence-electron chi connectivity index (χ0n) is 9.60. The van der Waals surface area contributed by atoms with Gasteiger partial charge in [-0.05, 0) is 24.6 Å².